The third-order valence-electron chi connectivity index (χ3n) is 3.38. The molecular weight excluding hydrogens is 282 g/mol. The number of likely N-dealkylation sites (N-methyl/N-ethyl adjacent to an activating group) is 1. The van der Waals surface area contributed by atoms with Gasteiger partial charge in [-0.15, -0.1) is 11.3 Å². The number of fused-ring (bicyclic) bond motifs is 1. The Labute approximate surface area is 127 Å². The highest BCUT2D eigenvalue weighted by Crippen LogP contribution is 2.35. The first-order valence-corrected chi connectivity index (χ1v) is 7.73. The van der Waals surface area contributed by atoms with E-state index in [2.05, 4.69) is 16.8 Å². The summed E-state index contributed by atoms with van der Waals surface area (Å²) in [5.74, 6) is 1.07. The summed E-state index contributed by atoms with van der Waals surface area (Å²) in [5.41, 5.74) is 0. The molecular formula is C17H17NO2S. The predicted octanol–water partition coefficient (Wildman–Crippen LogP) is 3.95. The molecule has 3 aromatic rings. The highest BCUT2D eigenvalue weighted by molar-refractivity contribution is 7.10. The molecule has 0 radical (unpaired) electrons. The van der Waals surface area contributed by atoms with Crippen LogP contribution in [0, 0.1) is 0 Å². The fourth-order valence-electron chi connectivity index (χ4n) is 2.37. The number of ether oxygens (including phenoxy) is 1. The van der Waals surface area contributed by atoms with Crippen molar-refractivity contribution in [2.24, 2.45) is 0 Å². The Morgan fingerprint density at radius 1 is 1.10 bits per heavy atom. The normalized spacial score (nSPS) is 12.4. The standard InChI is InChI=1S/C17H17NO2S/c1-18-11-16(17-7-4-10-21-17)20-15-9-8-14(19)12-5-2-3-6-13(12)15/h2-10,16,18-19H,11H2,1H3. The Kier molecular flexibility index (Phi) is 4.08. The van der Waals surface area contributed by atoms with E-state index in [0.29, 0.717) is 0 Å². The molecule has 108 valence electrons. The number of nitrogens with one attached hydrogen (secondary N) is 1. The monoisotopic (exact) mass is 299 g/mol. The first-order chi connectivity index (χ1) is 10.3. The number of benzene rings is 2. The maximum absolute atomic E-state index is 9.95. The number of aromatic hydroxyl groups is 1. The second-order valence-electron chi connectivity index (χ2n) is 4.81. The molecule has 1 heterocycles. The van der Waals surface area contributed by atoms with Gasteiger partial charge in [-0.2, -0.15) is 0 Å². The number of phenols is 1. The van der Waals surface area contributed by atoms with Gasteiger partial charge >= 0.3 is 0 Å². The van der Waals surface area contributed by atoms with Crippen LogP contribution in [0.4, 0.5) is 0 Å². The van der Waals surface area contributed by atoms with Gasteiger partial charge in [0.2, 0.25) is 0 Å². The molecule has 2 aromatic carbocycles. The fourth-order valence-corrected chi connectivity index (χ4v) is 3.13. The summed E-state index contributed by atoms with van der Waals surface area (Å²) in [6.45, 7) is 0.732. The minimum Gasteiger partial charge on any atom is -0.507 e. The van der Waals surface area contributed by atoms with Crippen LogP contribution in [0.3, 0.4) is 0 Å². The smallest absolute Gasteiger partial charge is 0.145 e. The summed E-state index contributed by atoms with van der Waals surface area (Å²) in [6, 6.07) is 15.3. The molecule has 0 saturated heterocycles. The summed E-state index contributed by atoms with van der Waals surface area (Å²) in [7, 11) is 1.92. The van der Waals surface area contributed by atoms with Gasteiger partial charge in [-0.05, 0) is 30.6 Å². The lowest BCUT2D eigenvalue weighted by atomic mass is 10.1. The van der Waals surface area contributed by atoms with Gasteiger partial charge in [0.15, 0.2) is 0 Å². The van der Waals surface area contributed by atoms with E-state index in [1.807, 2.05) is 43.4 Å². The molecule has 0 aliphatic rings. The molecule has 3 nitrogen and oxygen atoms in total. The summed E-state index contributed by atoms with van der Waals surface area (Å²) >= 11 is 1.68. The number of thiophene rings is 1. The van der Waals surface area contributed by atoms with E-state index < -0.39 is 0 Å². The maximum atomic E-state index is 9.95. The van der Waals surface area contributed by atoms with Crippen LogP contribution in [0.5, 0.6) is 11.5 Å². The summed E-state index contributed by atoms with van der Waals surface area (Å²) in [5, 5.41) is 16.9. The Bertz CT molecular complexity index is 725. The molecule has 1 unspecified atom stereocenters. The van der Waals surface area contributed by atoms with E-state index in [1.165, 1.54) is 4.88 Å². The summed E-state index contributed by atoms with van der Waals surface area (Å²) < 4.78 is 6.20. The Morgan fingerprint density at radius 2 is 1.90 bits per heavy atom. The van der Waals surface area contributed by atoms with Crippen LogP contribution in [0.25, 0.3) is 10.8 Å². The third kappa shape index (κ3) is 2.86. The zero-order valence-corrected chi connectivity index (χ0v) is 12.6. The molecule has 1 aromatic heterocycles. The van der Waals surface area contributed by atoms with Crippen molar-refractivity contribution in [1.29, 1.82) is 0 Å². The lowest BCUT2D eigenvalue weighted by molar-refractivity contribution is 0.211. The highest BCUT2D eigenvalue weighted by Gasteiger charge is 2.15. The molecule has 0 aliphatic heterocycles. The first-order valence-electron chi connectivity index (χ1n) is 6.85. The van der Waals surface area contributed by atoms with E-state index >= 15 is 0 Å². The molecule has 2 N–H and O–H groups in total. The van der Waals surface area contributed by atoms with E-state index in [1.54, 1.807) is 17.4 Å². The fraction of sp³-hybridized carbons (Fsp3) is 0.176. The molecule has 1 atom stereocenters. The number of rotatable bonds is 5. The first kappa shape index (κ1) is 13.9. The SMILES string of the molecule is CNCC(Oc1ccc(O)c2ccccc12)c1cccs1. The van der Waals surface area contributed by atoms with Crippen molar-refractivity contribution in [3.8, 4) is 11.5 Å². The molecule has 0 bridgehead atoms. The highest BCUT2D eigenvalue weighted by atomic mass is 32.1. The van der Waals surface area contributed by atoms with Crippen molar-refractivity contribution in [3.05, 3.63) is 58.8 Å². The molecule has 0 aliphatic carbocycles. The predicted molar refractivity (Wildman–Crippen MR) is 87.2 cm³/mol. The van der Waals surface area contributed by atoms with Gasteiger partial charge < -0.3 is 15.2 Å². The van der Waals surface area contributed by atoms with Crippen LogP contribution in [-0.4, -0.2) is 18.7 Å². The van der Waals surface area contributed by atoms with Gasteiger partial charge in [-0.1, -0.05) is 30.3 Å². The average Bonchev–Trinajstić information content (AvgIpc) is 3.04. The maximum Gasteiger partial charge on any atom is 0.145 e. The molecule has 0 saturated carbocycles. The van der Waals surface area contributed by atoms with Crippen LogP contribution in [-0.2, 0) is 0 Å². The molecule has 21 heavy (non-hydrogen) atoms. The van der Waals surface area contributed by atoms with Gasteiger partial charge in [0.1, 0.15) is 17.6 Å². The van der Waals surface area contributed by atoms with Crippen molar-refractivity contribution in [2.45, 2.75) is 6.10 Å². The van der Waals surface area contributed by atoms with Crippen molar-refractivity contribution in [1.82, 2.24) is 5.32 Å². The Hall–Kier alpha value is -2.04. The van der Waals surface area contributed by atoms with E-state index in [-0.39, 0.29) is 11.9 Å². The minimum absolute atomic E-state index is 0.0389. The molecule has 0 amide bonds. The number of hydrogen-bond acceptors (Lipinski definition) is 4. The number of phenolic OH excluding ortho intramolecular Hbond substituents is 1. The van der Waals surface area contributed by atoms with E-state index in [9.17, 15) is 5.11 Å². The molecule has 0 fully saturated rings. The van der Waals surface area contributed by atoms with Crippen molar-refractivity contribution >= 4 is 22.1 Å². The van der Waals surface area contributed by atoms with Gasteiger partial charge in [0.05, 0.1) is 0 Å². The second-order valence-corrected chi connectivity index (χ2v) is 5.79. The lowest BCUT2D eigenvalue weighted by Gasteiger charge is -2.19. The van der Waals surface area contributed by atoms with Crippen molar-refractivity contribution < 1.29 is 9.84 Å². The van der Waals surface area contributed by atoms with E-state index in [4.69, 9.17) is 4.74 Å². The zero-order valence-electron chi connectivity index (χ0n) is 11.7. The van der Waals surface area contributed by atoms with Gasteiger partial charge in [0.25, 0.3) is 0 Å². The molecule has 4 heteroatoms. The quantitative estimate of drug-likeness (QED) is 0.749. The van der Waals surface area contributed by atoms with Crippen molar-refractivity contribution in [2.75, 3.05) is 13.6 Å². The average molecular weight is 299 g/mol. The van der Waals surface area contributed by atoms with Crippen LogP contribution < -0.4 is 10.1 Å². The van der Waals surface area contributed by atoms with Crippen LogP contribution in [0.15, 0.2) is 53.9 Å². The van der Waals surface area contributed by atoms with Gasteiger partial charge in [-0.3, -0.25) is 0 Å². The molecule has 0 spiro atoms. The number of hydrogen-bond donors (Lipinski definition) is 2. The van der Waals surface area contributed by atoms with Crippen LogP contribution in [0.1, 0.15) is 11.0 Å². The summed E-state index contributed by atoms with van der Waals surface area (Å²) in [6.07, 6.45) is -0.0389. The van der Waals surface area contributed by atoms with Crippen molar-refractivity contribution in [3.63, 3.8) is 0 Å². The lowest BCUT2D eigenvalue weighted by Crippen LogP contribution is -2.21. The summed E-state index contributed by atoms with van der Waals surface area (Å²) in [4.78, 5) is 1.18. The minimum atomic E-state index is -0.0389. The van der Waals surface area contributed by atoms with E-state index in [0.717, 1.165) is 23.1 Å². The van der Waals surface area contributed by atoms with Crippen LogP contribution >= 0.6 is 11.3 Å². The third-order valence-corrected chi connectivity index (χ3v) is 4.34. The topological polar surface area (TPSA) is 41.5 Å². The Balaban J connectivity index is 1.98. The molecule has 3 rings (SSSR count). The largest absolute Gasteiger partial charge is 0.507 e. The second kappa shape index (κ2) is 6.16. The zero-order chi connectivity index (χ0) is 14.7. The Morgan fingerprint density at radius 3 is 2.62 bits per heavy atom. The van der Waals surface area contributed by atoms with Crippen LogP contribution in [0.2, 0.25) is 0 Å². The van der Waals surface area contributed by atoms with Gasteiger partial charge in [0, 0.05) is 22.2 Å². The van der Waals surface area contributed by atoms with Gasteiger partial charge in [-0.25, -0.2) is 0 Å².